The summed E-state index contributed by atoms with van der Waals surface area (Å²) < 4.78 is 3.92. The van der Waals surface area contributed by atoms with Crippen LogP contribution in [0.5, 0.6) is 0 Å². The minimum absolute atomic E-state index is 0.0392. The van der Waals surface area contributed by atoms with E-state index in [1.807, 2.05) is 58.8 Å². The van der Waals surface area contributed by atoms with Crippen LogP contribution >= 0.6 is 0 Å². The Morgan fingerprint density at radius 2 is 1.82 bits per heavy atom. The average Bonchev–Trinajstić information content (AvgIpc) is 3.13. The van der Waals surface area contributed by atoms with Crippen LogP contribution in [0.2, 0.25) is 0 Å². The lowest BCUT2D eigenvalue weighted by Gasteiger charge is -2.28. The van der Waals surface area contributed by atoms with Gasteiger partial charge in [0.25, 0.3) is 5.91 Å². The van der Waals surface area contributed by atoms with E-state index < -0.39 is 0 Å². The van der Waals surface area contributed by atoms with E-state index >= 15 is 0 Å². The molecule has 5 nitrogen and oxygen atoms in total. The van der Waals surface area contributed by atoms with E-state index in [4.69, 9.17) is 0 Å². The number of amides is 1. The van der Waals surface area contributed by atoms with Crippen molar-refractivity contribution in [1.82, 2.24) is 4.57 Å². The van der Waals surface area contributed by atoms with Crippen molar-refractivity contribution >= 4 is 34.5 Å². The van der Waals surface area contributed by atoms with Crippen molar-refractivity contribution in [3.8, 4) is 0 Å². The average molecular weight is 375 g/mol. The molecular weight excluding hydrogens is 348 g/mol. The first kappa shape index (κ1) is 18.3. The van der Waals surface area contributed by atoms with Gasteiger partial charge in [-0.2, -0.15) is 0 Å². The fourth-order valence-electron chi connectivity index (χ4n) is 3.89. The Labute approximate surface area is 165 Å². The molecule has 1 aromatic heterocycles. The van der Waals surface area contributed by atoms with Crippen molar-refractivity contribution in [2.24, 2.45) is 0 Å². The van der Waals surface area contributed by atoms with Crippen molar-refractivity contribution < 1.29 is 9.36 Å². The number of anilines is 2. The minimum Gasteiger partial charge on any atom is -0.372 e. The maximum Gasteiger partial charge on any atom is 0.269 e. The Morgan fingerprint density at radius 3 is 2.54 bits per heavy atom. The Bertz CT molecular complexity index is 984. The zero-order valence-electron chi connectivity index (χ0n) is 16.3. The van der Waals surface area contributed by atoms with Gasteiger partial charge in [0.2, 0.25) is 6.33 Å². The molecule has 4 rings (SSSR count). The molecule has 3 aromatic rings. The van der Waals surface area contributed by atoms with Crippen molar-refractivity contribution in [3.05, 3.63) is 61.4 Å². The molecule has 144 valence electrons. The van der Waals surface area contributed by atoms with E-state index in [1.165, 1.54) is 24.9 Å². The molecule has 0 bridgehead atoms. The van der Waals surface area contributed by atoms with Gasteiger partial charge in [-0.3, -0.25) is 4.79 Å². The topological polar surface area (TPSA) is 41.1 Å². The first-order valence-corrected chi connectivity index (χ1v) is 9.96. The third-order valence-electron chi connectivity index (χ3n) is 5.54. The summed E-state index contributed by atoms with van der Waals surface area (Å²) in [5.41, 5.74) is 4.09. The highest BCUT2D eigenvalue weighted by Crippen LogP contribution is 2.22. The number of aromatic nitrogens is 2. The van der Waals surface area contributed by atoms with Crippen LogP contribution in [0.1, 0.15) is 32.2 Å². The zero-order chi connectivity index (χ0) is 19.5. The third kappa shape index (κ3) is 3.52. The SMILES string of the molecule is C=Cn1c[n+]([C@@H](C)C(=O)Nc2ccc(N3CCCCC3)cc2)c2ccccc21. The second-order valence-corrected chi connectivity index (χ2v) is 7.36. The van der Waals surface area contributed by atoms with Crippen LogP contribution in [0.3, 0.4) is 0 Å². The molecule has 1 N–H and O–H groups in total. The number of imidazole rings is 1. The van der Waals surface area contributed by atoms with Crippen molar-refractivity contribution in [2.75, 3.05) is 23.3 Å². The van der Waals surface area contributed by atoms with E-state index in [1.54, 1.807) is 6.20 Å². The van der Waals surface area contributed by atoms with Gasteiger partial charge >= 0.3 is 0 Å². The molecule has 1 aliphatic rings. The number of piperidine rings is 1. The number of rotatable bonds is 5. The third-order valence-corrected chi connectivity index (χ3v) is 5.54. The van der Waals surface area contributed by atoms with Gasteiger partial charge in [0, 0.05) is 24.5 Å². The zero-order valence-corrected chi connectivity index (χ0v) is 16.3. The first-order chi connectivity index (χ1) is 13.7. The number of para-hydroxylation sites is 2. The molecule has 1 atom stereocenters. The van der Waals surface area contributed by atoms with E-state index in [0.717, 1.165) is 29.8 Å². The van der Waals surface area contributed by atoms with E-state index in [9.17, 15) is 4.79 Å². The summed E-state index contributed by atoms with van der Waals surface area (Å²) in [6, 6.07) is 15.9. The molecule has 1 fully saturated rings. The number of hydrogen-bond donors (Lipinski definition) is 1. The van der Waals surface area contributed by atoms with E-state index in [0.29, 0.717) is 0 Å². The van der Waals surface area contributed by atoms with Gasteiger partial charge in [-0.1, -0.05) is 18.7 Å². The number of nitrogens with zero attached hydrogens (tertiary/aromatic N) is 3. The molecule has 0 unspecified atom stereocenters. The highest BCUT2D eigenvalue weighted by molar-refractivity contribution is 5.93. The van der Waals surface area contributed by atoms with Crippen LogP contribution in [-0.4, -0.2) is 23.6 Å². The Morgan fingerprint density at radius 1 is 1.11 bits per heavy atom. The summed E-state index contributed by atoms with van der Waals surface area (Å²) in [5.74, 6) is -0.0392. The van der Waals surface area contributed by atoms with Gasteiger partial charge < -0.3 is 10.2 Å². The van der Waals surface area contributed by atoms with Gasteiger partial charge in [0.1, 0.15) is 0 Å². The molecular formula is C23H27N4O+. The molecule has 5 heteroatoms. The molecule has 0 aliphatic carbocycles. The van der Waals surface area contributed by atoms with Gasteiger partial charge in [-0.15, -0.1) is 0 Å². The highest BCUT2D eigenvalue weighted by atomic mass is 16.2. The molecule has 2 heterocycles. The van der Waals surface area contributed by atoms with Crippen LogP contribution < -0.4 is 14.8 Å². The standard InChI is InChI=1S/C23H26N4O/c1-3-25-17-27(22-10-6-5-9-21(22)25)18(2)23(28)24-19-11-13-20(14-12-19)26-15-7-4-8-16-26/h3,5-6,9-14,17-18H,1,4,7-8,15-16H2,2H3/p+1/t18-/m0/s1. The van der Waals surface area contributed by atoms with Crippen LogP contribution in [-0.2, 0) is 4.79 Å². The highest BCUT2D eigenvalue weighted by Gasteiger charge is 2.24. The number of nitrogens with one attached hydrogen (secondary N) is 1. The summed E-state index contributed by atoms with van der Waals surface area (Å²) in [4.78, 5) is 15.3. The molecule has 1 saturated heterocycles. The Balaban J connectivity index is 1.50. The molecule has 0 radical (unpaired) electrons. The number of carbonyl (C=O) groups is 1. The van der Waals surface area contributed by atoms with E-state index in [2.05, 4.69) is 28.9 Å². The quantitative estimate of drug-likeness (QED) is 0.679. The maximum atomic E-state index is 12.9. The van der Waals surface area contributed by atoms with Crippen LogP contribution in [0.15, 0.2) is 61.4 Å². The Kier molecular flexibility index (Phi) is 5.15. The van der Waals surface area contributed by atoms with Crippen LogP contribution in [0.4, 0.5) is 11.4 Å². The molecule has 1 aliphatic heterocycles. The monoisotopic (exact) mass is 375 g/mol. The molecule has 0 spiro atoms. The second kappa shape index (κ2) is 7.89. The Hall–Kier alpha value is -3.08. The molecule has 2 aromatic carbocycles. The van der Waals surface area contributed by atoms with Gasteiger partial charge in [0.15, 0.2) is 17.1 Å². The first-order valence-electron chi connectivity index (χ1n) is 9.96. The molecule has 1 amide bonds. The predicted molar refractivity (Wildman–Crippen MR) is 114 cm³/mol. The van der Waals surface area contributed by atoms with Crippen LogP contribution in [0.25, 0.3) is 17.2 Å². The smallest absolute Gasteiger partial charge is 0.269 e. The van der Waals surface area contributed by atoms with Gasteiger partial charge in [0.05, 0.1) is 6.20 Å². The summed E-state index contributed by atoms with van der Waals surface area (Å²) >= 11 is 0. The largest absolute Gasteiger partial charge is 0.372 e. The number of fused-ring (bicyclic) bond motifs is 1. The number of hydrogen-bond acceptors (Lipinski definition) is 2. The fraction of sp³-hybridized carbons (Fsp3) is 0.304. The lowest BCUT2D eigenvalue weighted by Crippen LogP contribution is -2.43. The lowest BCUT2D eigenvalue weighted by molar-refractivity contribution is -0.680. The fourth-order valence-corrected chi connectivity index (χ4v) is 3.89. The maximum absolute atomic E-state index is 12.9. The molecule has 28 heavy (non-hydrogen) atoms. The summed E-state index contributed by atoms with van der Waals surface area (Å²) in [7, 11) is 0. The number of benzene rings is 2. The van der Waals surface area contributed by atoms with Crippen molar-refractivity contribution in [2.45, 2.75) is 32.2 Å². The van der Waals surface area contributed by atoms with E-state index in [-0.39, 0.29) is 11.9 Å². The summed E-state index contributed by atoms with van der Waals surface area (Å²) in [6.45, 7) is 8.01. The van der Waals surface area contributed by atoms with Crippen molar-refractivity contribution in [3.63, 3.8) is 0 Å². The minimum atomic E-state index is -0.340. The van der Waals surface area contributed by atoms with Crippen molar-refractivity contribution in [1.29, 1.82) is 0 Å². The van der Waals surface area contributed by atoms with Crippen LogP contribution in [0, 0.1) is 0 Å². The summed E-state index contributed by atoms with van der Waals surface area (Å²) in [5, 5.41) is 3.05. The molecule has 0 saturated carbocycles. The van der Waals surface area contributed by atoms with Gasteiger partial charge in [-0.25, -0.2) is 9.13 Å². The normalized spacial score (nSPS) is 15.4. The van der Waals surface area contributed by atoms with Gasteiger partial charge in [-0.05, 0) is 62.6 Å². The summed E-state index contributed by atoms with van der Waals surface area (Å²) in [6.07, 6.45) is 7.50. The predicted octanol–water partition coefficient (Wildman–Crippen LogP) is 4.22. The second-order valence-electron chi connectivity index (χ2n) is 7.36. The number of carbonyl (C=O) groups excluding carboxylic acids is 1. The lowest BCUT2D eigenvalue weighted by atomic mass is 10.1.